The molecule has 1 aromatic heterocycles. The molecule has 4 rings (SSSR count). The molecule has 0 N–H and O–H groups in total. The van der Waals surface area contributed by atoms with Crippen molar-refractivity contribution in [2.24, 2.45) is 0 Å². The molecule has 1 saturated heterocycles. The first-order valence-electron chi connectivity index (χ1n) is 8.98. The Balaban J connectivity index is 1.43. The quantitative estimate of drug-likeness (QED) is 0.646. The predicted molar refractivity (Wildman–Crippen MR) is 112 cm³/mol. The first-order valence-corrected chi connectivity index (χ1v) is 10.2. The van der Waals surface area contributed by atoms with Gasteiger partial charge >= 0.3 is 0 Å². The summed E-state index contributed by atoms with van der Waals surface area (Å²) >= 11 is 7.86. The van der Waals surface area contributed by atoms with E-state index in [1.807, 2.05) is 24.3 Å². The molecule has 1 fully saturated rings. The maximum Gasteiger partial charge on any atom is 0.265 e. The minimum Gasteiger partial charge on any atom is -0.497 e. The fourth-order valence-corrected chi connectivity index (χ4v) is 4.80. The lowest BCUT2D eigenvalue weighted by Gasteiger charge is -2.34. The number of nitrogens with zero attached hydrogens (tertiary/aromatic N) is 2. The molecule has 3 aromatic rings. The highest BCUT2D eigenvalue weighted by molar-refractivity contribution is 7.21. The number of hydrogen-bond donors (Lipinski definition) is 0. The normalized spacial score (nSPS) is 14.4. The van der Waals surface area contributed by atoms with E-state index in [0.717, 1.165) is 10.1 Å². The third kappa shape index (κ3) is 3.45. The van der Waals surface area contributed by atoms with Gasteiger partial charge < -0.3 is 14.5 Å². The van der Waals surface area contributed by atoms with Crippen LogP contribution < -0.4 is 4.74 Å². The Kier molecular flexibility index (Phi) is 5.24. The van der Waals surface area contributed by atoms with Crippen molar-refractivity contribution in [3.63, 3.8) is 0 Å². The molecule has 0 spiro atoms. The molecule has 28 heavy (non-hydrogen) atoms. The minimum absolute atomic E-state index is 0.0327. The predicted octanol–water partition coefficient (Wildman–Crippen LogP) is 4.16. The van der Waals surface area contributed by atoms with Crippen LogP contribution in [0.2, 0.25) is 5.02 Å². The number of ether oxygens (including phenoxy) is 1. The van der Waals surface area contributed by atoms with E-state index in [1.165, 1.54) is 11.3 Å². The summed E-state index contributed by atoms with van der Waals surface area (Å²) in [4.78, 5) is 29.7. The number of methoxy groups -OCH3 is 1. The number of benzene rings is 2. The van der Waals surface area contributed by atoms with Crippen LogP contribution in [0.1, 0.15) is 20.0 Å². The standard InChI is InChI=1S/C21H19ClN2O3S/c1-27-15-8-6-14(7-9-15)20(25)23-10-12-24(13-11-23)21(26)19-18(22)16-4-2-3-5-17(16)28-19/h2-9H,10-13H2,1H3. The van der Waals surface area contributed by atoms with E-state index in [4.69, 9.17) is 16.3 Å². The highest BCUT2D eigenvalue weighted by Crippen LogP contribution is 2.36. The summed E-state index contributed by atoms with van der Waals surface area (Å²) in [5.74, 6) is 0.615. The van der Waals surface area contributed by atoms with E-state index in [2.05, 4.69) is 0 Å². The van der Waals surface area contributed by atoms with Crippen LogP contribution in [0.25, 0.3) is 10.1 Å². The molecule has 2 aromatic carbocycles. The van der Waals surface area contributed by atoms with Gasteiger partial charge in [0.2, 0.25) is 0 Å². The largest absolute Gasteiger partial charge is 0.497 e. The number of rotatable bonds is 3. The average molecular weight is 415 g/mol. The Morgan fingerprint density at radius 1 is 0.929 bits per heavy atom. The summed E-state index contributed by atoms with van der Waals surface area (Å²) in [5, 5.41) is 1.42. The van der Waals surface area contributed by atoms with Crippen LogP contribution in [-0.2, 0) is 0 Å². The van der Waals surface area contributed by atoms with Crippen molar-refractivity contribution in [1.29, 1.82) is 0 Å². The number of amides is 2. The van der Waals surface area contributed by atoms with Gasteiger partial charge in [-0.15, -0.1) is 11.3 Å². The van der Waals surface area contributed by atoms with Gasteiger partial charge in [-0.05, 0) is 30.3 Å². The fourth-order valence-electron chi connectivity index (χ4n) is 3.32. The average Bonchev–Trinajstić information content (AvgIpc) is 3.09. The number of hydrogen-bond acceptors (Lipinski definition) is 4. The number of carbonyl (C=O) groups excluding carboxylic acids is 2. The summed E-state index contributed by atoms with van der Waals surface area (Å²) in [5.41, 5.74) is 0.619. The number of halogens is 1. The second-order valence-corrected chi connectivity index (χ2v) is 7.98. The third-order valence-electron chi connectivity index (χ3n) is 4.92. The fraction of sp³-hybridized carbons (Fsp3) is 0.238. The zero-order valence-electron chi connectivity index (χ0n) is 15.4. The van der Waals surface area contributed by atoms with Crippen LogP contribution in [0.15, 0.2) is 48.5 Å². The van der Waals surface area contributed by atoms with Gasteiger partial charge in [0.05, 0.1) is 12.1 Å². The second-order valence-electron chi connectivity index (χ2n) is 6.55. The van der Waals surface area contributed by atoms with Crippen LogP contribution in [0.4, 0.5) is 0 Å². The Bertz CT molecular complexity index is 1020. The van der Waals surface area contributed by atoms with E-state index in [9.17, 15) is 9.59 Å². The van der Waals surface area contributed by atoms with Crippen molar-refractivity contribution in [1.82, 2.24) is 9.80 Å². The zero-order valence-corrected chi connectivity index (χ0v) is 16.9. The van der Waals surface area contributed by atoms with Gasteiger partial charge in [0, 0.05) is 41.8 Å². The maximum atomic E-state index is 12.9. The first kappa shape index (κ1) is 18.8. The molecule has 2 amide bonds. The topological polar surface area (TPSA) is 49.9 Å². The molecule has 5 nitrogen and oxygen atoms in total. The highest BCUT2D eigenvalue weighted by Gasteiger charge is 2.28. The van der Waals surface area contributed by atoms with Crippen molar-refractivity contribution in [3.8, 4) is 5.75 Å². The van der Waals surface area contributed by atoms with Gasteiger partial charge in [-0.1, -0.05) is 29.8 Å². The molecule has 0 unspecified atom stereocenters. The van der Waals surface area contributed by atoms with Crippen LogP contribution in [0.5, 0.6) is 5.75 Å². The van der Waals surface area contributed by atoms with Gasteiger partial charge in [0.15, 0.2) is 0 Å². The van der Waals surface area contributed by atoms with Crippen molar-refractivity contribution in [2.45, 2.75) is 0 Å². The molecule has 2 heterocycles. The molecule has 1 aliphatic heterocycles. The highest BCUT2D eigenvalue weighted by atomic mass is 35.5. The van der Waals surface area contributed by atoms with Gasteiger partial charge in [0.25, 0.3) is 11.8 Å². The Morgan fingerprint density at radius 3 is 2.14 bits per heavy atom. The Labute approximate surface area is 172 Å². The molecule has 144 valence electrons. The summed E-state index contributed by atoms with van der Waals surface area (Å²) in [6.45, 7) is 1.98. The van der Waals surface area contributed by atoms with Gasteiger partial charge in [0.1, 0.15) is 10.6 Å². The number of carbonyl (C=O) groups is 2. The van der Waals surface area contributed by atoms with Gasteiger partial charge in [-0.25, -0.2) is 0 Å². The first-order chi connectivity index (χ1) is 13.6. The molecule has 0 aliphatic carbocycles. The zero-order chi connectivity index (χ0) is 19.7. The monoisotopic (exact) mass is 414 g/mol. The number of thiophene rings is 1. The van der Waals surface area contributed by atoms with Crippen LogP contribution in [-0.4, -0.2) is 54.9 Å². The number of piperazine rings is 1. The third-order valence-corrected chi connectivity index (χ3v) is 6.58. The van der Waals surface area contributed by atoms with E-state index in [0.29, 0.717) is 47.4 Å². The lowest BCUT2D eigenvalue weighted by atomic mass is 10.1. The van der Waals surface area contributed by atoms with E-state index in [1.54, 1.807) is 41.2 Å². The summed E-state index contributed by atoms with van der Waals surface area (Å²) in [6, 6.07) is 14.8. The van der Waals surface area contributed by atoms with Crippen LogP contribution in [0.3, 0.4) is 0 Å². The Morgan fingerprint density at radius 2 is 1.54 bits per heavy atom. The second kappa shape index (κ2) is 7.81. The van der Waals surface area contributed by atoms with E-state index in [-0.39, 0.29) is 11.8 Å². The summed E-state index contributed by atoms with van der Waals surface area (Å²) < 4.78 is 6.13. The van der Waals surface area contributed by atoms with Crippen LogP contribution >= 0.6 is 22.9 Å². The molecule has 7 heteroatoms. The van der Waals surface area contributed by atoms with Crippen molar-refractivity contribution < 1.29 is 14.3 Å². The smallest absolute Gasteiger partial charge is 0.265 e. The molecular formula is C21H19ClN2O3S. The van der Waals surface area contributed by atoms with Crippen LogP contribution in [0, 0.1) is 0 Å². The number of fused-ring (bicyclic) bond motifs is 1. The molecule has 0 saturated carbocycles. The molecular weight excluding hydrogens is 396 g/mol. The molecule has 0 radical (unpaired) electrons. The lowest BCUT2D eigenvalue weighted by Crippen LogP contribution is -2.50. The SMILES string of the molecule is COc1ccc(C(=O)N2CCN(C(=O)c3sc4ccccc4c3Cl)CC2)cc1. The molecule has 0 bridgehead atoms. The minimum atomic E-state index is -0.0669. The maximum absolute atomic E-state index is 12.9. The summed E-state index contributed by atoms with van der Waals surface area (Å²) in [7, 11) is 1.59. The summed E-state index contributed by atoms with van der Waals surface area (Å²) in [6.07, 6.45) is 0. The van der Waals surface area contributed by atoms with E-state index < -0.39 is 0 Å². The van der Waals surface area contributed by atoms with Crippen molar-refractivity contribution in [3.05, 3.63) is 64.0 Å². The van der Waals surface area contributed by atoms with Gasteiger partial charge in [-0.3, -0.25) is 9.59 Å². The van der Waals surface area contributed by atoms with Crippen molar-refractivity contribution in [2.75, 3.05) is 33.3 Å². The lowest BCUT2D eigenvalue weighted by molar-refractivity contribution is 0.0538. The van der Waals surface area contributed by atoms with Crippen molar-refractivity contribution >= 4 is 44.8 Å². The van der Waals surface area contributed by atoms with Gasteiger partial charge in [-0.2, -0.15) is 0 Å². The molecule has 0 atom stereocenters. The Hall–Kier alpha value is -2.57. The van der Waals surface area contributed by atoms with E-state index >= 15 is 0 Å². The molecule has 1 aliphatic rings.